The fourth-order valence-electron chi connectivity index (χ4n) is 2.75. The van der Waals surface area contributed by atoms with Crippen LogP contribution in [-0.2, 0) is 9.59 Å². The summed E-state index contributed by atoms with van der Waals surface area (Å²) in [5, 5.41) is 2.69. The molecule has 8 heteroatoms. The first-order chi connectivity index (χ1) is 13.4. The lowest BCUT2D eigenvalue weighted by atomic mass is 10.1. The third-order valence-corrected chi connectivity index (χ3v) is 5.26. The highest BCUT2D eigenvalue weighted by Crippen LogP contribution is 2.39. The zero-order chi connectivity index (χ0) is 20.3. The molecule has 6 nitrogen and oxygen atoms in total. The Hall–Kier alpha value is -2.84. The monoisotopic (exact) mass is 414 g/mol. The van der Waals surface area contributed by atoms with E-state index in [1.807, 2.05) is 12.1 Å². The van der Waals surface area contributed by atoms with E-state index in [9.17, 15) is 9.59 Å². The van der Waals surface area contributed by atoms with E-state index < -0.39 is 0 Å². The van der Waals surface area contributed by atoms with Gasteiger partial charge >= 0.3 is 0 Å². The number of para-hydroxylation sites is 1. The molecular weight excluding hydrogens is 396 g/mol. The van der Waals surface area contributed by atoms with Gasteiger partial charge in [0.25, 0.3) is 5.91 Å². The predicted octanol–water partition coefficient (Wildman–Crippen LogP) is 4.07. The first kappa shape index (κ1) is 19.9. The molecule has 1 heterocycles. The van der Waals surface area contributed by atoms with Gasteiger partial charge in [-0.25, -0.2) is 0 Å². The van der Waals surface area contributed by atoms with Gasteiger partial charge in [-0.15, -0.1) is 0 Å². The first-order valence-electron chi connectivity index (χ1n) is 8.31. The van der Waals surface area contributed by atoms with Crippen molar-refractivity contribution in [3.8, 4) is 11.5 Å². The predicted molar refractivity (Wildman–Crippen MR) is 116 cm³/mol. The number of hydrogen-bond acceptors (Lipinski definition) is 6. The molecule has 2 aromatic carbocycles. The van der Waals surface area contributed by atoms with Crippen LogP contribution in [0.15, 0.2) is 47.4 Å². The van der Waals surface area contributed by atoms with Crippen molar-refractivity contribution in [1.29, 1.82) is 0 Å². The molecule has 0 aliphatic carbocycles. The molecule has 1 fully saturated rings. The SMILES string of the molecule is COc1cccc(/C=C2\SC(=S)N(c3ccc(NC(C)=O)cc3)C2=O)c1OC. The van der Waals surface area contributed by atoms with Crippen molar-refractivity contribution in [3.05, 3.63) is 52.9 Å². The number of benzene rings is 2. The van der Waals surface area contributed by atoms with Crippen LogP contribution in [0.4, 0.5) is 11.4 Å². The van der Waals surface area contributed by atoms with Gasteiger partial charge in [-0.3, -0.25) is 14.5 Å². The Morgan fingerprint density at radius 1 is 1.14 bits per heavy atom. The second-order valence-corrected chi connectivity index (χ2v) is 7.50. The van der Waals surface area contributed by atoms with Gasteiger partial charge in [-0.2, -0.15) is 0 Å². The number of hydrogen-bond donors (Lipinski definition) is 1. The maximum atomic E-state index is 12.9. The number of thiocarbonyl (C=S) groups is 1. The Morgan fingerprint density at radius 3 is 2.46 bits per heavy atom. The average Bonchev–Trinajstić information content (AvgIpc) is 2.95. The molecule has 1 saturated heterocycles. The zero-order valence-electron chi connectivity index (χ0n) is 15.5. The van der Waals surface area contributed by atoms with E-state index >= 15 is 0 Å². The molecule has 0 aromatic heterocycles. The summed E-state index contributed by atoms with van der Waals surface area (Å²) in [6, 6.07) is 12.4. The van der Waals surface area contributed by atoms with Crippen LogP contribution >= 0.6 is 24.0 Å². The zero-order valence-corrected chi connectivity index (χ0v) is 17.1. The van der Waals surface area contributed by atoms with Crippen LogP contribution < -0.4 is 19.7 Å². The normalized spacial score (nSPS) is 15.1. The third kappa shape index (κ3) is 4.02. The Bertz CT molecular complexity index is 971. The minimum atomic E-state index is -0.216. The molecule has 2 aromatic rings. The summed E-state index contributed by atoms with van der Waals surface area (Å²) in [4.78, 5) is 26.0. The van der Waals surface area contributed by atoms with Crippen molar-refractivity contribution in [3.63, 3.8) is 0 Å². The third-order valence-electron chi connectivity index (χ3n) is 3.96. The average molecular weight is 415 g/mol. The number of methoxy groups -OCH3 is 2. The van der Waals surface area contributed by atoms with Crippen LogP contribution in [0, 0.1) is 0 Å². The van der Waals surface area contributed by atoms with Crippen LogP contribution in [0.25, 0.3) is 6.08 Å². The lowest BCUT2D eigenvalue weighted by Gasteiger charge is -2.15. The minimum absolute atomic E-state index is 0.159. The lowest BCUT2D eigenvalue weighted by Crippen LogP contribution is -2.27. The molecule has 1 aliphatic heterocycles. The van der Waals surface area contributed by atoms with E-state index in [0.717, 1.165) is 5.56 Å². The van der Waals surface area contributed by atoms with Crippen molar-refractivity contribution in [2.75, 3.05) is 24.4 Å². The maximum absolute atomic E-state index is 12.9. The molecule has 3 rings (SSSR count). The highest BCUT2D eigenvalue weighted by atomic mass is 32.2. The number of carbonyl (C=O) groups excluding carboxylic acids is 2. The number of carbonyl (C=O) groups is 2. The van der Waals surface area contributed by atoms with Crippen LogP contribution in [0.1, 0.15) is 12.5 Å². The van der Waals surface area contributed by atoms with Crippen LogP contribution in [-0.4, -0.2) is 30.4 Å². The van der Waals surface area contributed by atoms with E-state index in [1.165, 1.54) is 23.6 Å². The topological polar surface area (TPSA) is 67.9 Å². The molecule has 0 bridgehead atoms. The van der Waals surface area contributed by atoms with E-state index in [4.69, 9.17) is 21.7 Å². The van der Waals surface area contributed by atoms with Gasteiger partial charge in [0.05, 0.1) is 24.8 Å². The molecule has 0 saturated carbocycles. The molecule has 0 atom stereocenters. The summed E-state index contributed by atoms with van der Waals surface area (Å²) in [5.74, 6) is 0.760. The van der Waals surface area contributed by atoms with Crippen LogP contribution in [0.5, 0.6) is 11.5 Å². The smallest absolute Gasteiger partial charge is 0.270 e. The van der Waals surface area contributed by atoms with E-state index in [-0.39, 0.29) is 11.8 Å². The summed E-state index contributed by atoms with van der Waals surface area (Å²) in [6.45, 7) is 1.44. The van der Waals surface area contributed by atoms with Gasteiger partial charge in [-0.1, -0.05) is 36.1 Å². The molecule has 0 radical (unpaired) electrons. The maximum Gasteiger partial charge on any atom is 0.270 e. The summed E-state index contributed by atoms with van der Waals surface area (Å²) in [7, 11) is 3.11. The van der Waals surface area contributed by atoms with Crippen molar-refractivity contribution in [1.82, 2.24) is 0 Å². The largest absolute Gasteiger partial charge is 0.493 e. The number of thioether (sulfide) groups is 1. The highest BCUT2D eigenvalue weighted by Gasteiger charge is 2.33. The lowest BCUT2D eigenvalue weighted by molar-refractivity contribution is -0.114. The van der Waals surface area contributed by atoms with Crippen molar-refractivity contribution < 1.29 is 19.1 Å². The Kier molecular flexibility index (Phi) is 6.01. The summed E-state index contributed by atoms with van der Waals surface area (Å²) >= 11 is 6.63. The standard InChI is InChI=1S/C20H18N2O4S2/c1-12(23)21-14-7-9-15(10-8-14)22-19(24)17(28-20(22)27)11-13-5-4-6-16(25-2)18(13)26-3/h4-11H,1-3H3,(H,21,23)/b17-11-. The molecule has 144 valence electrons. The van der Waals surface area contributed by atoms with E-state index in [2.05, 4.69) is 5.32 Å². The van der Waals surface area contributed by atoms with Crippen molar-refractivity contribution in [2.24, 2.45) is 0 Å². The second-order valence-electron chi connectivity index (χ2n) is 5.83. The van der Waals surface area contributed by atoms with Gasteiger partial charge < -0.3 is 14.8 Å². The number of nitrogens with zero attached hydrogens (tertiary/aromatic N) is 1. The summed E-state index contributed by atoms with van der Waals surface area (Å²) in [5.41, 5.74) is 2.01. The van der Waals surface area contributed by atoms with Gasteiger partial charge in [0, 0.05) is 18.2 Å². The van der Waals surface area contributed by atoms with Gasteiger partial charge in [0.1, 0.15) is 0 Å². The Morgan fingerprint density at radius 2 is 1.86 bits per heavy atom. The highest BCUT2D eigenvalue weighted by molar-refractivity contribution is 8.27. The first-order valence-corrected chi connectivity index (χ1v) is 9.53. The van der Waals surface area contributed by atoms with Crippen LogP contribution in [0.3, 0.4) is 0 Å². The number of anilines is 2. The Balaban J connectivity index is 1.90. The fraction of sp³-hybridized carbons (Fsp3) is 0.150. The van der Waals surface area contributed by atoms with Crippen molar-refractivity contribution >= 4 is 57.6 Å². The van der Waals surface area contributed by atoms with Gasteiger partial charge in [0.15, 0.2) is 15.8 Å². The molecule has 1 N–H and O–H groups in total. The summed E-state index contributed by atoms with van der Waals surface area (Å²) < 4.78 is 11.2. The number of rotatable bonds is 5. The quantitative estimate of drug-likeness (QED) is 0.588. The molecule has 0 spiro atoms. The van der Waals surface area contributed by atoms with Crippen molar-refractivity contribution in [2.45, 2.75) is 6.92 Å². The van der Waals surface area contributed by atoms with Gasteiger partial charge in [-0.05, 0) is 36.4 Å². The van der Waals surface area contributed by atoms with E-state index in [0.29, 0.717) is 32.1 Å². The molecule has 1 aliphatic rings. The number of nitrogens with one attached hydrogen (secondary N) is 1. The second kappa shape index (κ2) is 8.45. The number of amides is 2. The van der Waals surface area contributed by atoms with Crippen LogP contribution in [0.2, 0.25) is 0 Å². The summed E-state index contributed by atoms with van der Waals surface area (Å²) in [6.07, 6.45) is 1.74. The molecule has 0 unspecified atom stereocenters. The molecular formula is C20H18N2O4S2. The van der Waals surface area contributed by atoms with E-state index in [1.54, 1.807) is 50.6 Å². The number of ether oxygens (including phenoxy) is 2. The molecule has 28 heavy (non-hydrogen) atoms. The van der Waals surface area contributed by atoms with Gasteiger partial charge in [0.2, 0.25) is 5.91 Å². The minimum Gasteiger partial charge on any atom is -0.493 e. The Labute approximate surface area is 172 Å². The fourth-order valence-corrected chi connectivity index (χ4v) is 4.04. The molecule has 2 amide bonds.